The van der Waals surface area contributed by atoms with Gasteiger partial charge in [-0.1, -0.05) is 6.42 Å². The lowest BCUT2D eigenvalue weighted by molar-refractivity contribution is -0.122. The van der Waals surface area contributed by atoms with Crippen molar-refractivity contribution in [2.45, 2.75) is 25.3 Å². The summed E-state index contributed by atoms with van der Waals surface area (Å²) in [6, 6.07) is 3.36. The molecular weight excluding hydrogens is 246 g/mol. The molecule has 2 heterocycles. The van der Waals surface area contributed by atoms with Gasteiger partial charge in [0.15, 0.2) is 5.76 Å². The van der Waals surface area contributed by atoms with Crippen molar-refractivity contribution in [1.29, 1.82) is 0 Å². The highest BCUT2D eigenvalue weighted by Gasteiger charge is 2.24. The van der Waals surface area contributed by atoms with Crippen LogP contribution < -0.4 is 11.1 Å². The number of carbonyl (C=O) groups excluding carboxylic acids is 2. The normalized spacial score (nSPS) is 20.2. The van der Waals surface area contributed by atoms with Gasteiger partial charge in [0.05, 0.1) is 12.8 Å². The largest absolute Gasteiger partial charge is 0.459 e. The number of piperidine rings is 1. The maximum Gasteiger partial charge on any atom is 0.293 e. The standard InChI is InChI=1S/C13H19N3O3/c14-8-10-4-1-2-6-16(10)9-12(17)15-13(18)11-5-3-7-19-11/h3,5,7,10H,1-2,4,6,8-9,14H2,(H,15,17,18). The van der Waals surface area contributed by atoms with Crippen LogP contribution >= 0.6 is 0 Å². The second-order valence-corrected chi connectivity index (χ2v) is 4.71. The van der Waals surface area contributed by atoms with Gasteiger partial charge < -0.3 is 10.2 Å². The van der Waals surface area contributed by atoms with Crippen LogP contribution in [0.3, 0.4) is 0 Å². The van der Waals surface area contributed by atoms with Gasteiger partial charge in [0.25, 0.3) is 5.91 Å². The molecule has 2 amide bonds. The fourth-order valence-corrected chi connectivity index (χ4v) is 2.36. The zero-order valence-corrected chi connectivity index (χ0v) is 10.8. The smallest absolute Gasteiger partial charge is 0.293 e. The Kier molecular flexibility index (Phi) is 4.70. The van der Waals surface area contributed by atoms with Gasteiger partial charge in [-0.25, -0.2) is 0 Å². The number of nitrogens with zero attached hydrogens (tertiary/aromatic N) is 1. The zero-order valence-electron chi connectivity index (χ0n) is 10.8. The van der Waals surface area contributed by atoms with Crippen molar-refractivity contribution in [2.24, 2.45) is 5.73 Å². The van der Waals surface area contributed by atoms with Crippen LogP contribution in [0.5, 0.6) is 0 Å². The van der Waals surface area contributed by atoms with Crippen molar-refractivity contribution < 1.29 is 14.0 Å². The van der Waals surface area contributed by atoms with E-state index in [9.17, 15) is 9.59 Å². The van der Waals surface area contributed by atoms with Crippen LogP contribution in [0.4, 0.5) is 0 Å². The summed E-state index contributed by atoms with van der Waals surface area (Å²) in [4.78, 5) is 25.5. The van der Waals surface area contributed by atoms with Gasteiger partial charge in [0.1, 0.15) is 0 Å². The molecule has 1 aliphatic rings. The number of amides is 2. The van der Waals surface area contributed by atoms with Crippen molar-refractivity contribution in [3.8, 4) is 0 Å². The van der Waals surface area contributed by atoms with Crippen LogP contribution in [0.2, 0.25) is 0 Å². The van der Waals surface area contributed by atoms with Crippen LogP contribution in [-0.4, -0.2) is 42.4 Å². The molecule has 1 aromatic heterocycles. The second kappa shape index (κ2) is 6.49. The summed E-state index contributed by atoms with van der Waals surface area (Å²) in [6.45, 7) is 1.60. The molecular formula is C13H19N3O3. The summed E-state index contributed by atoms with van der Waals surface area (Å²) in [5.41, 5.74) is 5.69. The fraction of sp³-hybridized carbons (Fsp3) is 0.538. The van der Waals surface area contributed by atoms with Gasteiger partial charge in [-0.2, -0.15) is 0 Å². The second-order valence-electron chi connectivity index (χ2n) is 4.71. The predicted molar refractivity (Wildman–Crippen MR) is 69.4 cm³/mol. The minimum absolute atomic E-state index is 0.141. The quantitative estimate of drug-likeness (QED) is 0.820. The van der Waals surface area contributed by atoms with Gasteiger partial charge in [-0.05, 0) is 31.5 Å². The Bertz CT molecular complexity index is 430. The summed E-state index contributed by atoms with van der Waals surface area (Å²) in [5.74, 6) is -0.680. The average molecular weight is 265 g/mol. The predicted octanol–water partition coefficient (Wildman–Crippen LogP) is 0.349. The number of hydrogen-bond donors (Lipinski definition) is 2. The van der Waals surface area contributed by atoms with Crippen molar-refractivity contribution >= 4 is 11.8 Å². The lowest BCUT2D eigenvalue weighted by atomic mass is 10.0. The Labute approximate surface area is 111 Å². The minimum Gasteiger partial charge on any atom is -0.459 e. The third-order valence-corrected chi connectivity index (χ3v) is 3.37. The van der Waals surface area contributed by atoms with Gasteiger partial charge in [0.2, 0.25) is 5.91 Å². The number of rotatable bonds is 4. The monoisotopic (exact) mass is 265 g/mol. The molecule has 2 rings (SSSR count). The van der Waals surface area contributed by atoms with E-state index in [-0.39, 0.29) is 24.3 Å². The first-order valence-corrected chi connectivity index (χ1v) is 6.52. The Morgan fingerprint density at radius 2 is 2.32 bits per heavy atom. The van der Waals surface area contributed by atoms with E-state index in [1.807, 2.05) is 4.90 Å². The summed E-state index contributed by atoms with van der Waals surface area (Å²) in [6.07, 6.45) is 4.62. The first-order chi connectivity index (χ1) is 9.20. The number of furan rings is 1. The van der Waals surface area contributed by atoms with E-state index >= 15 is 0 Å². The fourth-order valence-electron chi connectivity index (χ4n) is 2.36. The van der Waals surface area contributed by atoms with E-state index in [1.54, 1.807) is 6.07 Å². The Hall–Kier alpha value is -1.66. The number of imide groups is 1. The van der Waals surface area contributed by atoms with Crippen molar-refractivity contribution in [3.05, 3.63) is 24.2 Å². The summed E-state index contributed by atoms with van der Waals surface area (Å²) >= 11 is 0. The van der Waals surface area contributed by atoms with Gasteiger partial charge >= 0.3 is 0 Å². The molecule has 3 N–H and O–H groups in total. The number of hydrogen-bond acceptors (Lipinski definition) is 5. The highest BCUT2D eigenvalue weighted by molar-refractivity contribution is 6.03. The molecule has 1 atom stereocenters. The Balaban J connectivity index is 1.85. The zero-order chi connectivity index (χ0) is 13.7. The molecule has 0 radical (unpaired) electrons. The number of likely N-dealkylation sites (tertiary alicyclic amines) is 1. The van der Waals surface area contributed by atoms with E-state index in [2.05, 4.69) is 5.32 Å². The van der Waals surface area contributed by atoms with Crippen molar-refractivity contribution in [2.75, 3.05) is 19.6 Å². The molecule has 104 valence electrons. The third kappa shape index (κ3) is 3.65. The van der Waals surface area contributed by atoms with E-state index in [4.69, 9.17) is 10.2 Å². The molecule has 1 aliphatic heterocycles. The van der Waals surface area contributed by atoms with E-state index in [1.165, 1.54) is 12.3 Å². The molecule has 1 aromatic rings. The Morgan fingerprint density at radius 3 is 3.00 bits per heavy atom. The summed E-state index contributed by atoms with van der Waals surface area (Å²) < 4.78 is 4.93. The molecule has 0 saturated carbocycles. The molecule has 1 saturated heterocycles. The number of nitrogens with one attached hydrogen (secondary N) is 1. The van der Waals surface area contributed by atoms with Crippen LogP contribution in [0.15, 0.2) is 22.8 Å². The molecule has 0 bridgehead atoms. The van der Waals surface area contributed by atoms with Crippen LogP contribution in [0.1, 0.15) is 29.8 Å². The SMILES string of the molecule is NCC1CCCCN1CC(=O)NC(=O)c1ccco1. The summed E-state index contributed by atoms with van der Waals surface area (Å²) in [7, 11) is 0. The first kappa shape index (κ1) is 13.8. The first-order valence-electron chi connectivity index (χ1n) is 6.52. The molecule has 1 fully saturated rings. The summed E-state index contributed by atoms with van der Waals surface area (Å²) in [5, 5.41) is 2.32. The minimum atomic E-state index is -0.503. The van der Waals surface area contributed by atoms with Crippen LogP contribution in [0, 0.1) is 0 Å². The number of nitrogens with two attached hydrogens (primary N) is 1. The third-order valence-electron chi connectivity index (χ3n) is 3.37. The Morgan fingerprint density at radius 1 is 1.47 bits per heavy atom. The van der Waals surface area contributed by atoms with Crippen molar-refractivity contribution in [3.63, 3.8) is 0 Å². The highest BCUT2D eigenvalue weighted by atomic mass is 16.3. The van der Waals surface area contributed by atoms with Gasteiger partial charge in [-0.3, -0.25) is 19.8 Å². The maximum absolute atomic E-state index is 11.8. The molecule has 0 aliphatic carbocycles. The van der Waals surface area contributed by atoms with E-state index in [0.29, 0.717) is 6.54 Å². The molecule has 6 heteroatoms. The molecule has 1 unspecified atom stereocenters. The highest BCUT2D eigenvalue weighted by Crippen LogP contribution is 2.15. The lowest BCUT2D eigenvalue weighted by Gasteiger charge is -2.34. The van der Waals surface area contributed by atoms with Crippen LogP contribution in [-0.2, 0) is 4.79 Å². The topological polar surface area (TPSA) is 88.6 Å². The lowest BCUT2D eigenvalue weighted by Crippen LogP contribution is -2.49. The van der Waals surface area contributed by atoms with Gasteiger partial charge in [-0.15, -0.1) is 0 Å². The van der Waals surface area contributed by atoms with Gasteiger partial charge in [0, 0.05) is 12.6 Å². The average Bonchev–Trinajstić information content (AvgIpc) is 2.93. The maximum atomic E-state index is 11.8. The van der Waals surface area contributed by atoms with Crippen LogP contribution in [0.25, 0.3) is 0 Å². The molecule has 0 spiro atoms. The number of carbonyl (C=O) groups is 2. The molecule has 19 heavy (non-hydrogen) atoms. The van der Waals surface area contributed by atoms with E-state index in [0.717, 1.165) is 25.8 Å². The molecule has 6 nitrogen and oxygen atoms in total. The van der Waals surface area contributed by atoms with E-state index < -0.39 is 5.91 Å². The molecule has 0 aromatic carbocycles. The van der Waals surface area contributed by atoms with Crippen molar-refractivity contribution in [1.82, 2.24) is 10.2 Å².